The smallest absolute Gasteiger partial charge is 0.130 e. The Labute approximate surface area is 106 Å². The van der Waals surface area contributed by atoms with E-state index in [1.165, 1.54) is 0 Å². The van der Waals surface area contributed by atoms with E-state index in [9.17, 15) is 0 Å². The van der Waals surface area contributed by atoms with Gasteiger partial charge < -0.3 is 5.32 Å². The number of anilines is 1. The number of thiazole rings is 1. The molecule has 2 heterocycles. The van der Waals surface area contributed by atoms with Gasteiger partial charge in [0.2, 0.25) is 0 Å². The van der Waals surface area contributed by atoms with E-state index >= 15 is 0 Å². The molecule has 0 bridgehead atoms. The number of nitrogens with zero attached hydrogens (tertiary/aromatic N) is 3. The molecule has 0 aliphatic heterocycles. The fraction of sp³-hybridized carbons (Fsp3) is 0.300. The molecule has 2 rings (SSSR count). The van der Waals surface area contributed by atoms with Crippen molar-refractivity contribution in [2.75, 3.05) is 11.9 Å². The highest BCUT2D eigenvalue weighted by Gasteiger charge is 1.99. The van der Waals surface area contributed by atoms with Gasteiger partial charge in [0.25, 0.3) is 0 Å². The van der Waals surface area contributed by atoms with E-state index in [0.29, 0.717) is 0 Å². The van der Waals surface area contributed by atoms with Crippen molar-refractivity contribution in [1.29, 1.82) is 0 Å². The van der Waals surface area contributed by atoms with Crippen molar-refractivity contribution >= 4 is 33.1 Å². The van der Waals surface area contributed by atoms with E-state index < -0.39 is 0 Å². The standard InChI is InChI=1S/C10H11BrN4S/c1-7-14-9(11)4-10(15-7)12-3-2-8-5-16-6-13-8/h4-6H,2-3H2,1H3,(H,12,14,15). The van der Waals surface area contributed by atoms with Crippen molar-refractivity contribution in [2.45, 2.75) is 13.3 Å². The van der Waals surface area contributed by atoms with Crippen LogP contribution >= 0.6 is 27.3 Å². The third-order valence-electron chi connectivity index (χ3n) is 1.98. The number of nitrogens with one attached hydrogen (secondary N) is 1. The summed E-state index contributed by atoms with van der Waals surface area (Å²) in [5.74, 6) is 1.60. The minimum absolute atomic E-state index is 0.755. The molecule has 84 valence electrons. The Morgan fingerprint density at radius 1 is 1.44 bits per heavy atom. The van der Waals surface area contributed by atoms with E-state index in [-0.39, 0.29) is 0 Å². The van der Waals surface area contributed by atoms with Crippen molar-refractivity contribution in [2.24, 2.45) is 0 Å². The van der Waals surface area contributed by atoms with Crippen LogP contribution in [-0.4, -0.2) is 21.5 Å². The van der Waals surface area contributed by atoms with Crippen molar-refractivity contribution in [1.82, 2.24) is 15.0 Å². The number of hydrogen-bond donors (Lipinski definition) is 1. The molecule has 0 spiro atoms. The molecule has 16 heavy (non-hydrogen) atoms. The second-order valence-electron chi connectivity index (χ2n) is 3.28. The molecule has 0 amide bonds. The summed E-state index contributed by atoms with van der Waals surface area (Å²) in [6.07, 6.45) is 0.907. The van der Waals surface area contributed by atoms with E-state index in [1.807, 2.05) is 18.5 Å². The molecule has 4 nitrogen and oxygen atoms in total. The number of rotatable bonds is 4. The Hall–Kier alpha value is -1.01. The average Bonchev–Trinajstić information content (AvgIpc) is 2.69. The van der Waals surface area contributed by atoms with Crippen LogP contribution in [0.3, 0.4) is 0 Å². The Kier molecular flexibility index (Phi) is 3.84. The summed E-state index contributed by atoms with van der Waals surface area (Å²) in [5.41, 5.74) is 2.96. The third kappa shape index (κ3) is 3.24. The fourth-order valence-electron chi connectivity index (χ4n) is 1.30. The first kappa shape index (κ1) is 11.5. The van der Waals surface area contributed by atoms with Gasteiger partial charge in [0.05, 0.1) is 11.2 Å². The molecular weight excluding hydrogens is 288 g/mol. The highest BCUT2D eigenvalue weighted by molar-refractivity contribution is 9.10. The third-order valence-corrected chi connectivity index (χ3v) is 3.02. The van der Waals surface area contributed by atoms with E-state index in [4.69, 9.17) is 0 Å². The molecule has 2 aromatic heterocycles. The van der Waals surface area contributed by atoms with Crippen LogP contribution in [0, 0.1) is 6.92 Å². The molecule has 1 N–H and O–H groups in total. The monoisotopic (exact) mass is 298 g/mol. The van der Waals surface area contributed by atoms with Gasteiger partial charge >= 0.3 is 0 Å². The molecule has 0 fully saturated rings. The van der Waals surface area contributed by atoms with Gasteiger partial charge in [-0.15, -0.1) is 11.3 Å². The lowest BCUT2D eigenvalue weighted by Crippen LogP contribution is -2.07. The van der Waals surface area contributed by atoms with Crippen LogP contribution in [0.4, 0.5) is 5.82 Å². The minimum atomic E-state index is 0.755. The predicted octanol–water partition coefficient (Wildman–Crippen LogP) is 2.66. The first-order valence-electron chi connectivity index (χ1n) is 4.86. The van der Waals surface area contributed by atoms with Crippen LogP contribution in [-0.2, 0) is 6.42 Å². The maximum absolute atomic E-state index is 4.28. The van der Waals surface area contributed by atoms with Crippen molar-refractivity contribution < 1.29 is 0 Å². The number of aromatic nitrogens is 3. The maximum Gasteiger partial charge on any atom is 0.130 e. The quantitative estimate of drug-likeness (QED) is 0.882. The molecular formula is C10H11BrN4S. The Bertz CT molecular complexity index is 438. The van der Waals surface area contributed by atoms with E-state index in [0.717, 1.165) is 34.9 Å². The zero-order valence-electron chi connectivity index (χ0n) is 8.77. The molecule has 0 aliphatic carbocycles. The van der Waals surface area contributed by atoms with Gasteiger partial charge in [0.1, 0.15) is 16.2 Å². The van der Waals surface area contributed by atoms with E-state index in [1.54, 1.807) is 11.3 Å². The Morgan fingerprint density at radius 2 is 2.31 bits per heavy atom. The lowest BCUT2D eigenvalue weighted by atomic mass is 10.3. The van der Waals surface area contributed by atoms with Crippen LogP contribution in [0.25, 0.3) is 0 Å². The second-order valence-corrected chi connectivity index (χ2v) is 4.81. The van der Waals surface area contributed by atoms with Crippen molar-refractivity contribution in [3.05, 3.63) is 33.1 Å². The average molecular weight is 299 g/mol. The summed E-state index contributed by atoms with van der Waals surface area (Å²) in [5, 5.41) is 5.31. The van der Waals surface area contributed by atoms with Gasteiger partial charge in [0.15, 0.2) is 0 Å². The zero-order chi connectivity index (χ0) is 11.4. The largest absolute Gasteiger partial charge is 0.370 e. The van der Waals surface area contributed by atoms with Gasteiger partial charge in [-0.2, -0.15) is 0 Å². The first-order valence-corrected chi connectivity index (χ1v) is 6.60. The van der Waals surface area contributed by atoms with Gasteiger partial charge in [-0.1, -0.05) is 0 Å². The minimum Gasteiger partial charge on any atom is -0.370 e. The molecule has 0 saturated heterocycles. The highest BCUT2D eigenvalue weighted by atomic mass is 79.9. The maximum atomic E-state index is 4.28. The lowest BCUT2D eigenvalue weighted by Gasteiger charge is -2.05. The summed E-state index contributed by atoms with van der Waals surface area (Å²) in [6, 6.07) is 1.87. The Morgan fingerprint density at radius 3 is 3.00 bits per heavy atom. The van der Waals surface area contributed by atoms with Crippen LogP contribution in [0.15, 0.2) is 21.6 Å². The predicted molar refractivity (Wildman–Crippen MR) is 68.8 cm³/mol. The van der Waals surface area contributed by atoms with Crippen LogP contribution < -0.4 is 5.32 Å². The fourth-order valence-corrected chi connectivity index (χ4v) is 2.37. The Balaban J connectivity index is 1.89. The van der Waals surface area contributed by atoms with Crippen LogP contribution in [0.1, 0.15) is 11.5 Å². The molecule has 0 aliphatic rings. The van der Waals surface area contributed by atoms with Gasteiger partial charge in [-0.05, 0) is 22.9 Å². The molecule has 2 aromatic rings. The summed E-state index contributed by atoms with van der Waals surface area (Å²) < 4.78 is 0.802. The summed E-state index contributed by atoms with van der Waals surface area (Å²) in [7, 11) is 0. The summed E-state index contributed by atoms with van der Waals surface area (Å²) in [6.45, 7) is 2.70. The molecule has 0 radical (unpaired) electrons. The van der Waals surface area contributed by atoms with Gasteiger partial charge in [-0.25, -0.2) is 15.0 Å². The topological polar surface area (TPSA) is 50.7 Å². The SMILES string of the molecule is Cc1nc(Br)cc(NCCc2cscn2)n1. The summed E-state index contributed by atoms with van der Waals surface area (Å²) in [4.78, 5) is 12.6. The van der Waals surface area contributed by atoms with Crippen LogP contribution in [0.2, 0.25) is 0 Å². The van der Waals surface area contributed by atoms with Gasteiger partial charge in [-0.3, -0.25) is 0 Å². The molecule has 0 atom stereocenters. The number of aryl methyl sites for hydroxylation is 1. The van der Waals surface area contributed by atoms with Crippen LogP contribution in [0.5, 0.6) is 0 Å². The first-order chi connectivity index (χ1) is 7.74. The van der Waals surface area contributed by atoms with Gasteiger partial charge in [0, 0.05) is 24.4 Å². The zero-order valence-corrected chi connectivity index (χ0v) is 11.2. The number of halogens is 1. The molecule has 0 unspecified atom stereocenters. The second kappa shape index (κ2) is 5.36. The molecule has 6 heteroatoms. The number of hydrogen-bond acceptors (Lipinski definition) is 5. The van der Waals surface area contributed by atoms with Crippen molar-refractivity contribution in [3.8, 4) is 0 Å². The molecule has 0 saturated carbocycles. The lowest BCUT2D eigenvalue weighted by molar-refractivity contribution is 0.951. The molecule has 0 aromatic carbocycles. The van der Waals surface area contributed by atoms with E-state index in [2.05, 4.69) is 41.6 Å². The summed E-state index contributed by atoms with van der Waals surface area (Å²) >= 11 is 4.96. The normalized spacial score (nSPS) is 10.4. The van der Waals surface area contributed by atoms with Crippen molar-refractivity contribution in [3.63, 3.8) is 0 Å². The highest BCUT2D eigenvalue weighted by Crippen LogP contribution is 2.12.